The maximum absolute atomic E-state index is 13.4. The summed E-state index contributed by atoms with van der Waals surface area (Å²) in [4.78, 5) is 17.6. The maximum atomic E-state index is 13.4. The first-order valence-electron chi connectivity index (χ1n) is 8.34. The van der Waals surface area contributed by atoms with E-state index in [2.05, 4.69) is 21.2 Å². The Morgan fingerprint density at radius 3 is 2.63 bits per heavy atom. The highest BCUT2D eigenvalue weighted by atomic mass is 79.9. The summed E-state index contributed by atoms with van der Waals surface area (Å²) in [6.45, 7) is 1.97. The molecule has 4 nitrogen and oxygen atoms in total. The topological polar surface area (TPSA) is 46.4 Å². The first-order valence-corrected chi connectivity index (χ1v) is 9.13. The molecule has 0 fully saturated rings. The number of carbonyl (C=O) groups is 1. The Kier molecular flexibility index (Phi) is 4.49. The molecule has 0 atom stereocenters. The van der Waals surface area contributed by atoms with Crippen LogP contribution >= 0.6 is 15.9 Å². The monoisotopic (exact) mass is 423 g/mol. The van der Waals surface area contributed by atoms with Crippen LogP contribution in [0.1, 0.15) is 15.9 Å². The van der Waals surface area contributed by atoms with Crippen molar-refractivity contribution in [1.82, 2.24) is 9.38 Å². The summed E-state index contributed by atoms with van der Waals surface area (Å²) in [6, 6.07) is 17.5. The molecule has 0 aliphatic rings. The summed E-state index contributed by atoms with van der Waals surface area (Å²) in [5, 5.41) is 2.94. The van der Waals surface area contributed by atoms with E-state index in [1.807, 2.05) is 60.0 Å². The number of amides is 1. The van der Waals surface area contributed by atoms with Crippen LogP contribution in [0.4, 0.5) is 10.2 Å². The highest BCUT2D eigenvalue weighted by Crippen LogP contribution is 2.30. The largest absolute Gasteiger partial charge is 0.306 e. The molecule has 134 valence electrons. The number of hydrogen-bond acceptors (Lipinski definition) is 2. The zero-order valence-corrected chi connectivity index (χ0v) is 16.0. The van der Waals surface area contributed by atoms with Gasteiger partial charge >= 0.3 is 0 Å². The Hall–Kier alpha value is -2.99. The van der Waals surface area contributed by atoms with Gasteiger partial charge in [-0.1, -0.05) is 36.4 Å². The van der Waals surface area contributed by atoms with Crippen LogP contribution < -0.4 is 5.32 Å². The number of nitrogens with one attached hydrogen (secondary N) is 1. The van der Waals surface area contributed by atoms with Crippen molar-refractivity contribution in [2.45, 2.75) is 6.92 Å². The van der Waals surface area contributed by atoms with E-state index in [9.17, 15) is 9.18 Å². The van der Waals surface area contributed by atoms with Gasteiger partial charge < -0.3 is 5.32 Å². The van der Waals surface area contributed by atoms with Gasteiger partial charge in [0.15, 0.2) is 0 Å². The molecule has 2 heterocycles. The number of nitrogens with zero attached hydrogens (tertiary/aromatic N) is 2. The molecular formula is C21H15BrFN3O. The number of aromatic nitrogens is 2. The number of benzene rings is 2. The summed E-state index contributed by atoms with van der Waals surface area (Å²) >= 11 is 3.25. The minimum Gasteiger partial charge on any atom is -0.306 e. The van der Waals surface area contributed by atoms with Crippen molar-refractivity contribution < 1.29 is 9.18 Å². The molecule has 4 aromatic rings. The molecule has 0 spiro atoms. The van der Waals surface area contributed by atoms with Gasteiger partial charge in [0.05, 0.1) is 5.56 Å². The molecule has 27 heavy (non-hydrogen) atoms. The average Bonchev–Trinajstić information content (AvgIpc) is 3.02. The Morgan fingerprint density at radius 2 is 1.89 bits per heavy atom. The fraction of sp³-hybridized carbons (Fsp3) is 0.0476. The van der Waals surface area contributed by atoms with Crippen LogP contribution in [0.2, 0.25) is 0 Å². The Labute approximate surface area is 163 Å². The minimum absolute atomic E-state index is 0.345. The smallest absolute Gasteiger partial charge is 0.257 e. The molecule has 2 aromatic heterocycles. The van der Waals surface area contributed by atoms with E-state index in [1.165, 1.54) is 18.2 Å². The number of fused-ring (bicyclic) bond motifs is 1. The van der Waals surface area contributed by atoms with Crippen molar-refractivity contribution >= 4 is 33.3 Å². The average molecular weight is 424 g/mol. The third-order valence-electron chi connectivity index (χ3n) is 4.30. The van der Waals surface area contributed by atoms with Crippen molar-refractivity contribution in [3.05, 3.63) is 88.3 Å². The van der Waals surface area contributed by atoms with Crippen LogP contribution in [-0.2, 0) is 0 Å². The second-order valence-corrected chi connectivity index (χ2v) is 6.99. The van der Waals surface area contributed by atoms with Crippen LogP contribution in [0.5, 0.6) is 0 Å². The van der Waals surface area contributed by atoms with Crippen LogP contribution in [0.3, 0.4) is 0 Å². The van der Waals surface area contributed by atoms with Gasteiger partial charge in [-0.2, -0.15) is 0 Å². The molecule has 4 rings (SSSR count). The summed E-state index contributed by atoms with van der Waals surface area (Å²) in [5.41, 5.74) is 3.69. The quantitative estimate of drug-likeness (QED) is 0.475. The Bertz CT molecular complexity index is 1160. The number of halogens is 2. The standard InChI is InChI=1S/C21H15BrFN3O/c1-13-6-5-11-26-19(13)24-18(14-7-3-2-4-8-14)20(26)25-21(27)16-10-9-15(23)12-17(16)22/h2-12H,1H3,(H,25,27). The summed E-state index contributed by atoms with van der Waals surface area (Å²) in [6.07, 6.45) is 1.86. The number of aryl methyl sites for hydroxylation is 1. The first-order chi connectivity index (χ1) is 13.0. The number of anilines is 1. The molecule has 0 saturated carbocycles. The second-order valence-electron chi connectivity index (χ2n) is 6.14. The number of imidazole rings is 1. The molecule has 1 N–H and O–H groups in total. The molecule has 0 aliphatic carbocycles. The lowest BCUT2D eigenvalue weighted by atomic mass is 10.1. The Morgan fingerprint density at radius 1 is 1.11 bits per heavy atom. The molecule has 1 amide bonds. The lowest BCUT2D eigenvalue weighted by molar-refractivity contribution is 0.102. The van der Waals surface area contributed by atoms with E-state index >= 15 is 0 Å². The summed E-state index contributed by atoms with van der Waals surface area (Å²) < 4.78 is 15.6. The number of pyridine rings is 1. The lowest BCUT2D eigenvalue weighted by Gasteiger charge is -2.09. The van der Waals surface area contributed by atoms with Crippen molar-refractivity contribution in [2.24, 2.45) is 0 Å². The van der Waals surface area contributed by atoms with Crippen LogP contribution in [0.25, 0.3) is 16.9 Å². The highest BCUT2D eigenvalue weighted by Gasteiger charge is 2.19. The fourth-order valence-corrected chi connectivity index (χ4v) is 3.50. The van der Waals surface area contributed by atoms with E-state index < -0.39 is 5.82 Å². The van der Waals surface area contributed by atoms with Gasteiger partial charge in [-0.3, -0.25) is 9.20 Å². The van der Waals surface area contributed by atoms with Crippen molar-refractivity contribution in [1.29, 1.82) is 0 Å². The number of rotatable bonds is 3. The third-order valence-corrected chi connectivity index (χ3v) is 4.96. The molecular weight excluding hydrogens is 409 g/mol. The van der Waals surface area contributed by atoms with E-state index in [4.69, 9.17) is 4.98 Å². The predicted molar refractivity (Wildman–Crippen MR) is 107 cm³/mol. The van der Waals surface area contributed by atoms with Gasteiger partial charge in [-0.15, -0.1) is 0 Å². The van der Waals surface area contributed by atoms with E-state index in [-0.39, 0.29) is 5.91 Å². The van der Waals surface area contributed by atoms with Gasteiger partial charge in [-0.25, -0.2) is 9.37 Å². The number of hydrogen-bond donors (Lipinski definition) is 1. The first kappa shape index (κ1) is 17.4. The Balaban J connectivity index is 1.85. The van der Waals surface area contributed by atoms with Gasteiger partial charge in [0.1, 0.15) is 23.0 Å². The maximum Gasteiger partial charge on any atom is 0.257 e. The van der Waals surface area contributed by atoms with Gasteiger partial charge in [0.2, 0.25) is 0 Å². The zero-order chi connectivity index (χ0) is 19.0. The second kappa shape index (κ2) is 6.96. The lowest BCUT2D eigenvalue weighted by Crippen LogP contribution is -2.15. The van der Waals surface area contributed by atoms with E-state index in [0.29, 0.717) is 21.5 Å². The van der Waals surface area contributed by atoms with Crippen molar-refractivity contribution in [3.8, 4) is 11.3 Å². The molecule has 0 aliphatic heterocycles. The molecule has 6 heteroatoms. The molecule has 0 radical (unpaired) electrons. The molecule has 2 aromatic carbocycles. The molecule has 0 bridgehead atoms. The molecule has 0 unspecified atom stereocenters. The van der Waals surface area contributed by atoms with Crippen LogP contribution in [-0.4, -0.2) is 15.3 Å². The van der Waals surface area contributed by atoms with Crippen molar-refractivity contribution in [2.75, 3.05) is 5.32 Å². The van der Waals surface area contributed by atoms with Gasteiger partial charge in [0.25, 0.3) is 5.91 Å². The summed E-state index contributed by atoms with van der Waals surface area (Å²) in [5.74, 6) is -0.183. The zero-order valence-electron chi connectivity index (χ0n) is 14.4. The van der Waals surface area contributed by atoms with Crippen LogP contribution in [0, 0.1) is 12.7 Å². The highest BCUT2D eigenvalue weighted by molar-refractivity contribution is 9.10. The third kappa shape index (κ3) is 3.24. The predicted octanol–water partition coefficient (Wildman–Crippen LogP) is 5.46. The van der Waals surface area contributed by atoms with E-state index in [1.54, 1.807) is 0 Å². The van der Waals surface area contributed by atoms with Gasteiger partial charge in [0, 0.05) is 16.2 Å². The fourth-order valence-electron chi connectivity index (χ4n) is 2.97. The SMILES string of the molecule is Cc1cccn2c(NC(=O)c3ccc(F)cc3Br)c(-c3ccccc3)nc12. The molecule has 0 saturated heterocycles. The van der Waals surface area contributed by atoms with Crippen molar-refractivity contribution in [3.63, 3.8) is 0 Å². The van der Waals surface area contributed by atoms with Gasteiger partial charge in [-0.05, 0) is 52.7 Å². The normalized spacial score (nSPS) is 10.9. The van der Waals surface area contributed by atoms with E-state index in [0.717, 1.165) is 16.8 Å². The summed E-state index contributed by atoms with van der Waals surface area (Å²) in [7, 11) is 0. The number of carbonyl (C=O) groups excluding carboxylic acids is 1. The van der Waals surface area contributed by atoms with Crippen LogP contribution in [0.15, 0.2) is 71.3 Å². The minimum atomic E-state index is -0.408.